The number of nitrogens with zero attached hydrogens (tertiary/aromatic N) is 2. The molecule has 266 valence electrons. The molecule has 49 heavy (non-hydrogen) atoms. The molecule has 2 aliphatic carbocycles. The molecule has 2 bridgehead atoms. The second-order valence-corrected chi connectivity index (χ2v) is 16.0. The third-order valence-electron chi connectivity index (χ3n) is 11.6. The summed E-state index contributed by atoms with van der Waals surface area (Å²) in [5.41, 5.74) is 4.19. The summed E-state index contributed by atoms with van der Waals surface area (Å²) in [4.78, 5) is 18.6. The number of hydrogen-bond acceptors (Lipinski definition) is 8. The van der Waals surface area contributed by atoms with Gasteiger partial charge in [-0.15, -0.1) is 0 Å². The number of ether oxygens (including phenoxy) is 4. The molecule has 10 heteroatoms. The molecule has 2 aromatic carbocycles. The largest absolute Gasteiger partial charge is 0.490 e. The number of halogens is 1. The summed E-state index contributed by atoms with van der Waals surface area (Å²) in [6, 6.07) is 12.4. The number of methoxy groups -OCH3 is 1. The summed E-state index contributed by atoms with van der Waals surface area (Å²) in [7, 11) is 1.77. The average molecular weight is 710 g/mol. The molecule has 2 fully saturated rings. The fourth-order valence-electron chi connectivity index (χ4n) is 8.61. The van der Waals surface area contributed by atoms with Crippen molar-refractivity contribution in [3.05, 3.63) is 70.3 Å². The predicted octanol–water partition coefficient (Wildman–Crippen LogP) is 6.69. The van der Waals surface area contributed by atoms with Gasteiger partial charge in [0.1, 0.15) is 5.75 Å². The minimum absolute atomic E-state index is 0.0222. The molecule has 6 atom stereocenters. The van der Waals surface area contributed by atoms with Crippen LogP contribution in [0.1, 0.15) is 66.9 Å². The van der Waals surface area contributed by atoms with Crippen molar-refractivity contribution in [1.82, 2.24) is 9.62 Å². The highest BCUT2D eigenvalue weighted by Gasteiger charge is 2.44. The molecule has 0 aromatic heterocycles. The Bertz CT molecular complexity index is 1490. The number of morpholine rings is 1. The smallest absolute Gasteiger partial charge is 0.261 e. The number of anilines is 1. The summed E-state index contributed by atoms with van der Waals surface area (Å²) in [6.45, 7) is 9.64. The third-order valence-corrected chi connectivity index (χ3v) is 13.1. The number of rotatable bonds is 6. The Morgan fingerprint density at radius 1 is 1.14 bits per heavy atom. The van der Waals surface area contributed by atoms with Crippen LogP contribution in [-0.2, 0) is 26.0 Å². The van der Waals surface area contributed by atoms with E-state index in [-0.39, 0.29) is 28.8 Å². The van der Waals surface area contributed by atoms with Crippen LogP contribution in [-0.4, -0.2) is 94.5 Å². The Kier molecular flexibility index (Phi) is 11.4. The molecule has 3 aliphatic heterocycles. The average Bonchev–Trinajstić information content (AvgIpc) is 3.26. The van der Waals surface area contributed by atoms with E-state index in [0.717, 1.165) is 107 Å². The maximum atomic E-state index is 13.6. The Labute approximate surface area is 301 Å². The Balaban J connectivity index is 1.21. The molecule has 1 amide bonds. The molecule has 3 heterocycles. The summed E-state index contributed by atoms with van der Waals surface area (Å²) < 4.78 is 28.2. The second-order valence-electron chi connectivity index (χ2n) is 14.5. The number of amides is 1. The lowest BCUT2D eigenvalue weighted by Crippen LogP contribution is -2.50. The summed E-state index contributed by atoms with van der Waals surface area (Å²) in [5, 5.41) is 0.906. The van der Waals surface area contributed by atoms with Crippen molar-refractivity contribution in [2.24, 2.45) is 11.8 Å². The first kappa shape index (κ1) is 35.1. The van der Waals surface area contributed by atoms with E-state index in [9.17, 15) is 4.79 Å². The van der Waals surface area contributed by atoms with Crippen LogP contribution in [0.3, 0.4) is 0 Å². The van der Waals surface area contributed by atoms with Gasteiger partial charge in [-0.05, 0) is 110 Å². The fourth-order valence-corrected chi connectivity index (χ4v) is 9.73. The monoisotopic (exact) mass is 709 g/mol. The number of nitrogens with one attached hydrogen (secondary N) is 1. The van der Waals surface area contributed by atoms with Gasteiger partial charge in [-0.1, -0.05) is 36.7 Å². The van der Waals surface area contributed by atoms with Crippen LogP contribution in [0.25, 0.3) is 0 Å². The Morgan fingerprint density at radius 3 is 2.82 bits per heavy atom. The van der Waals surface area contributed by atoms with Crippen LogP contribution in [0, 0.1) is 11.8 Å². The molecule has 1 N–H and O–H groups in total. The summed E-state index contributed by atoms with van der Waals surface area (Å²) in [5.74, 6) is 1.63. The van der Waals surface area contributed by atoms with E-state index in [1.807, 2.05) is 18.2 Å². The SMILES string of the molecule is CC[C@@H]1SNC(=O)c2ccc3c(c2)N(C[C@@H]2CC[C@H]2[C@@H](OCCN2CCOCC2)/C=C\C[C@@H]1OC)C[C@@]1(CCCc2cc(Cl)ccc21)CO3. The molecule has 1 saturated carbocycles. The van der Waals surface area contributed by atoms with E-state index in [0.29, 0.717) is 30.6 Å². The van der Waals surface area contributed by atoms with Crippen molar-refractivity contribution < 1.29 is 23.7 Å². The highest BCUT2D eigenvalue weighted by molar-refractivity contribution is 7.98. The van der Waals surface area contributed by atoms with Gasteiger partial charge in [0.15, 0.2) is 0 Å². The molecular formula is C39H52ClN3O5S. The first-order valence-electron chi connectivity index (χ1n) is 18.3. The molecule has 5 aliphatic rings. The highest BCUT2D eigenvalue weighted by atomic mass is 35.5. The Hall–Kier alpha value is -2.27. The zero-order chi connectivity index (χ0) is 33.8. The topological polar surface area (TPSA) is 72.5 Å². The van der Waals surface area contributed by atoms with Gasteiger partial charge >= 0.3 is 0 Å². The van der Waals surface area contributed by atoms with Gasteiger partial charge in [-0.25, -0.2) is 0 Å². The van der Waals surface area contributed by atoms with Gasteiger partial charge in [0, 0.05) is 55.8 Å². The van der Waals surface area contributed by atoms with Gasteiger partial charge in [0.05, 0.1) is 49.6 Å². The van der Waals surface area contributed by atoms with Crippen LogP contribution < -0.4 is 14.4 Å². The second kappa shape index (κ2) is 16.0. The van der Waals surface area contributed by atoms with E-state index in [1.165, 1.54) is 23.1 Å². The van der Waals surface area contributed by atoms with Crippen molar-refractivity contribution in [3.63, 3.8) is 0 Å². The molecule has 7 rings (SSSR count). The first-order chi connectivity index (χ1) is 24.0. The molecule has 1 spiro atoms. The van der Waals surface area contributed by atoms with Crippen molar-refractivity contribution in [2.45, 2.75) is 74.7 Å². The summed E-state index contributed by atoms with van der Waals surface area (Å²) in [6.07, 6.45) is 11.7. The zero-order valence-electron chi connectivity index (χ0n) is 29.0. The number of fused-ring (bicyclic) bond motifs is 4. The molecule has 8 nitrogen and oxygen atoms in total. The number of carbonyl (C=O) groups is 1. The van der Waals surface area contributed by atoms with Crippen molar-refractivity contribution >= 4 is 35.1 Å². The van der Waals surface area contributed by atoms with Crippen molar-refractivity contribution in [2.75, 3.05) is 71.2 Å². The van der Waals surface area contributed by atoms with Gasteiger partial charge < -0.3 is 23.8 Å². The van der Waals surface area contributed by atoms with Gasteiger partial charge in [0.25, 0.3) is 5.91 Å². The van der Waals surface area contributed by atoms with E-state index in [4.69, 9.17) is 30.5 Å². The van der Waals surface area contributed by atoms with Gasteiger partial charge in [-0.3, -0.25) is 14.4 Å². The Morgan fingerprint density at radius 2 is 2.02 bits per heavy atom. The molecule has 0 unspecified atom stereocenters. The van der Waals surface area contributed by atoms with Crippen LogP contribution in [0.5, 0.6) is 5.75 Å². The van der Waals surface area contributed by atoms with Crippen LogP contribution in [0.4, 0.5) is 5.69 Å². The van der Waals surface area contributed by atoms with E-state index >= 15 is 0 Å². The quantitative estimate of drug-likeness (QED) is 0.263. The number of hydrogen-bond donors (Lipinski definition) is 1. The summed E-state index contributed by atoms with van der Waals surface area (Å²) >= 11 is 7.96. The number of aryl methyl sites for hydroxylation is 1. The van der Waals surface area contributed by atoms with E-state index in [1.54, 1.807) is 7.11 Å². The number of carbonyl (C=O) groups excluding carboxylic acids is 1. The van der Waals surface area contributed by atoms with Crippen molar-refractivity contribution in [3.8, 4) is 5.75 Å². The lowest BCUT2D eigenvalue weighted by molar-refractivity contribution is -0.0315. The molecule has 2 aromatic rings. The van der Waals surface area contributed by atoms with Gasteiger partial charge in [-0.2, -0.15) is 0 Å². The number of benzene rings is 2. The highest BCUT2D eigenvalue weighted by Crippen LogP contribution is 2.47. The third kappa shape index (κ3) is 7.82. The van der Waals surface area contributed by atoms with Crippen LogP contribution in [0.15, 0.2) is 48.6 Å². The maximum Gasteiger partial charge on any atom is 0.261 e. The first-order valence-corrected chi connectivity index (χ1v) is 19.6. The standard InChI is InChI=1S/C39H52ClN3O5S/c1-3-37-36(45-2)8-4-7-34(47-21-18-42-16-19-46-20-17-42)31-12-9-29(31)24-43-25-39(15-5-6-27-22-30(40)11-13-32(27)39)26-48-35-14-10-28(23-33(35)43)38(44)41-49-37/h4,7,10-11,13-14,22-23,29,31,34,36-37H,3,5-6,8-9,12,15-21,24-26H2,1-2H3,(H,41,44)/b7-4-/t29-,31+,34-,36-,37-,39-/m0/s1. The lowest BCUT2D eigenvalue weighted by atomic mass is 9.68. The predicted molar refractivity (Wildman–Crippen MR) is 197 cm³/mol. The zero-order valence-corrected chi connectivity index (χ0v) is 30.6. The van der Waals surface area contributed by atoms with E-state index in [2.05, 4.69) is 51.8 Å². The molecular weight excluding hydrogens is 658 g/mol. The van der Waals surface area contributed by atoms with E-state index < -0.39 is 0 Å². The minimum atomic E-state index is -0.160. The van der Waals surface area contributed by atoms with Gasteiger partial charge in [0.2, 0.25) is 0 Å². The molecule has 1 saturated heterocycles. The van der Waals surface area contributed by atoms with Crippen LogP contribution in [0.2, 0.25) is 5.02 Å². The fraction of sp³-hybridized carbons (Fsp3) is 0.615. The minimum Gasteiger partial charge on any atom is -0.490 e. The molecule has 0 radical (unpaired) electrons. The lowest BCUT2D eigenvalue weighted by Gasteiger charge is -2.46. The maximum absolute atomic E-state index is 13.6. The van der Waals surface area contributed by atoms with Crippen LogP contribution >= 0.6 is 23.5 Å². The normalized spacial score (nSPS) is 31.4. The van der Waals surface area contributed by atoms with Crippen molar-refractivity contribution in [1.29, 1.82) is 0 Å².